The van der Waals surface area contributed by atoms with Crippen LogP contribution in [0.2, 0.25) is 0 Å². The van der Waals surface area contributed by atoms with Crippen LogP contribution >= 0.6 is 0 Å². The fraction of sp³-hybridized carbons (Fsp3) is 0.500. The van der Waals surface area contributed by atoms with Gasteiger partial charge in [-0.1, -0.05) is 0 Å². The Labute approximate surface area is 202 Å². The first kappa shape index (κ1) is 31.6. The predicted octanol–water partition coefficient (Wildman–Crippen LogP) is -14.0. The molecule has 0 aromatic carbocycles. The molecule has 2 unspecified atom stereocenters. The summed E-state index contributed by atoms with van der Waals surface area (Å²) in [5.74, 6) is -4.12. The van der Waals surface area contributed by atoms with E-state index in [-0.39, 0.29) is 132 Å². The molecule has 0 amide bonds. The van der Waals surface area contributed by atoms with E-state index in [0.717, 1.165) is 0 Å². The second kappa shape index (κ2) is 18.3. The quantitative estimate of drug-likeness (QED) is 0.289. The molecule has 0 fully saturated rings. The molecule has 0 saturated heterocycles. The number of rotatable bonds is 3. The van der Waals surface area contributed by atoms with Crippen molar-refractivity contribution >= 4 is 11.9 Å². The van der Waals surface area contributed by atoms with Crippen molar-refractivity contribution in [1.82, 2.24) is 0 Å². The van der Waals surface area contributed by atoms with E-state index in [4.69, 9.17) is 25.5 Å². The topological polar surface area (TPSA) is 187 Å². The second-order valence-corrected chi connectivity index (χ2v) is 1.75. The first-order valence-corrected chi connectivity index (χ1v) is 2.79. The Kier molecular flexibility index (Phi) is 34.1. The van der Waals surface area contributed by atoms with Gasteiger partial charge in [-0.05, 0) is 0 Å². The van der Waals surface area contributed by atoms with Crippen molar-refractivity contribution in [1.29, 1.82) is 0 Å². The summed E-state index contributed by atoms with van der Waals surface area (Å²) in [6.45, 7) is 0. The van der Waals surface area contributed by atoms with E-state index in [2.05, 4.69) is 0 Å². The molecule has 0 heterocycles. The Bertz CT molecular complexity index is 217. The Morgan fingerprint density at radius 1 is 0.941 bits per heavy atom. The molecule has 13 heteroatoms. The molecule has 0 rings (SSSR count). The second-order valence-electron chi connectivity index (χ2n) is 1.75. The van der Waals surface area contributed by atoms with E-state index in [9.17, 15) is 19.8 Å². The van der Waals surface area contributed by atoms with E-state index in [1.165, 1.54) is 0 Å². The normalized spacial score (nSPS) is 10.7. The van der Waals surface area contributed by atoms with Gasteiger partial charge >= 0.3 is 132 Å². The Morgan fingerprint density at radius 2 is 1.06 bits per heavy atom. The average molecular weight is 311 g/mol. The summed E-state index contributed by atoms with van der Waals surface area (Å²) in [4.78, 5) is 27.5. The zero-order valence-electron chi connectivity index (χ0n) is 9.35. The van der Waals surface area contributed by atoms with Gasteiger partial charge < -0.3 is 45.3 Å². The van der Waals surface area contributed by atoms with E-state index >= 15 is 0 Å². The van der Waals surface area contributed by atoms with Crippen LogP contribution in [0.5, 0.6) is 0 Å². The van der Waals surface area contributed by atoms with Gasteiger partial charge in [0.05, 0.1) is 17.0 Å². The number of hydrogen-bond acceptors (Lipinski definition) is 9. The molecule has 0 aliphatic carbocycles. The van der Waals surface area contributed by atoms with Gasteiger partial charge in [-0.2, -0.15) is 0 Å². The average Bonchev–Trinajstić information content (AvgIpc) is 2.00. The summed E-state index contributed by atoms with van der Waals surface area (Å²) in [6, 6.07) is 0. The molecular weight excluding hydrogens is 307 g/mol. The first-order valence-electron chi connectivity index (χ1n) is 2.79. The largest absolute Gasteiger partial charge is 1.00 e. The summed E-state index contributed by atoms with van der Waals surface area (Å²) in [6.07, 6.45) is -4.88. The number of carbonyl (C=O) groups excluding carboxylic acids is 2. The smallest absolute Gasteiger partial charge is 0.547 e. The Hall–Kier alpha value is 2.33. The van der Waals surface area contributed by atoms with E-state index < -0.39 is 29.2 Å². The number of nitrogens with zero attached hydrogens (tertiary/aromatic N) is 1. The van der Waals surface area contributed by atoms with Crippen LogP contribution in [0.1, 0.15) is 0 Å². The van der Waals surface area contributed by atoms with Gasteiger partial charge in [-0.25, -0.2) is 0 Å². The minimum atomic E-state index is -2.44. The molecule has 0 saturated carbocycles. The zero-order chi connectivity index (χ0) is 11.9. The minimum Gasteiger partial charge on any atom is -0.547 e. The molecule has 0 spiro atoms. The summed E-state index contributed by atoms with van der Waals surface area (Å²) < 4.78 is 0. The van der Waals surface area contributed by atoms with Gasteiger partial charge in [0.2, 0.25) is 0 Å². The Balaban J connectivity index is -0.0000000607. The molecule has 2 atom stereocenters. The number of aliphatic carboxylic acids is 2. The fourth-order valence-electron chi connectivity index (χ4n) is 0.258. The van der Waals surface area contributed by atoms with Crippen molar-refractivity contribution in [3.63, 3.8) is 0 Å². The monoisotopic (exact) mass is 311 g/mol. The number of aliphatic hydroxyl groups excluding tert-OH is 2. The third-order valence-electron chi connectivity index (χ3n) is 0.782. The van der Waals surface area contributed by atoms with E-state index in [1.54, 1.807) is 0 Å². The molecule has 17 heavy (non-hydrogen) atoms. The summed E-state index contributed by atoms with van der Waals surface area (Å²) in [7, 11) is 0. The maximum Gasteiger partial charge on any atom is 1.00 e. The van der Waals surface area contributed by atoms with E-state index in [1.807, 2.05) is 0 Å². The maximum absolute atomic E-state index is 9.63. The first-order chi connectivity index (χ1) is 6.20. The minimum absolute atomic E-state index is 0. The van der Waals surface area contributed by atoms with Crippen LogP contribution in [0.4, 0.5) is 0 Å². The van der Waals surface area contributed by atoms with Gasteiger partial charge in [-0.15, -0.1) is 0 Å². The zero-order valence-corrected chi connectivity index (χ0v) is 17.6. The molecule has 0 bridgehead atoms. The molecule has 0 radical (unpaired) electrons. The summed E-state index contributed by atoms with van der Waals surface area (Å²) in [5, 5.41) is 50.5. The van der Waals surface area contributed by atoms with Gasteiger partial charge in [-0.3, -0.25) is 0 Å². The molecule has 2 N–H and O–H groups in total. The number of hydrogen-bond donors (Lipinski definition) is 2. The fourth-order valence-corrected chi connectivity index (χ4v) is 0.258. The van der Waals surface area contributed by atoms with Crippen LogP contribution in [-0.4, -0.2) is 39.4 Å². The van der Waals surface area contributed by atoms with Gasteiger partial charge in [0.1, 0.15) is 12.2 Å². The van der Waals surface area contributed by atoms with Crippen LogP contribution in [0.25, 0.3) is 0 Å². The molecule has 0 aliphatic rings. The third kappa shape index (κ3) is 23.8. The number of aliphatic hydroxyl groups is 2. The summed E-state index contributed by atoms with van der Waals surface area (Å²) >= 11 is 0. The van der Waals surface area contributed by atoms with Crippen molar-refractivity contribution in [3.8, 4) is 0 Å². The number of carbonyl (C=O) groups is 2. The standard InChI is InChI=1S/C4H6O6.2K.NO3.Na/c5-1(3(7)8)2(6)4(9)10;;;2-1(3)4;/h1-2,5-6H,(H,7,8)(H,9,10);;;;/q;2*+1;-1;+1/p-2. The molecule has 0 aromatic rings. The van der Waals surface area contributed by atoms with Crippen LogP contribution in [0, 0.1) is 15.3 Å². The van der Waals surface area contributed by atoms with Crippen molar-refractivity contribution in [2.45, 2.75) is 12.2 Å². The van der Waals surface area contributed by atoms with Crippen molar-refractivity contribution < 1.29 is 167 Å². The molecule has 0 aromatic heterocycles. The number of carboxylic acid groups (broad SMARTS) is 2. The molecule has 10 nitrogen and oxygen atoms in total. The van der Waals surface area contributed by atoms with Crippen LogP contribution in [0.3, 0.4) is 0 Å². The molecule has 0 aliphatic heterocycles. The van der Waals surface area contributed by atoms with Crippen molar-refractivity contribution in [2.24, 2.45) is 0 Å². The third-order valence-corrected chi connectivity index (χ3v) is 0.782. The maximum atomic E-state index is 9.63. The molecular formula is C4H4K2NNaO9. The van der Waals surface area contributed by atoms with Gasteiger partial charge in [0, 0.05) is 0 Å². The summed E-state index contributed by atoms with van der Waals surface area (Å²) in [5.41, 5.74) is 0. The van der Waals surface area contributed by atoms with E-state index in [0.29, 0.717) is 0 Å². The van der Waals surface area contributed by atoms with Crippen LogP contribution in [-0.2, 0) is 9.59 Å². The van der Waals surface area contributed by atoms with Crippen LogP contribution < -0.4 is 143 Å². The van der Waals surface area contributed by atoms with Crippen molar-refractivity contribution in [2.75, 3.05) is 0 Å². The molecule has 82 valence electrons. The van der Waals surface area contributed by atoms with Gasteiger partial charge in [0.15, 0.2) is 0 Å². The predicted molar refractivity (Wildman–Crippen MR) is 32.4 cm³/mol. The van der Waals surface area contributed by atoms with Crippen molar-refractivity contribution in [3.05, 3.63) is 15.3 Å². The SMILES string of the molecule is O=C([O-])C(O)C(O)C(=O)[O-].O=[N+]([O-])[O-].[K+].[K+].[Na+]. The number of carboxylic acids is 2. The Morgan fingerprint density at radius 3 is 1.12 bits per heavy atom. The van der Waals surface area contributed by atoms with Gasteiger partial charge in [0.25, 0.3) is 0 Å². The van der Waals surface area contributed by atoms with Crippen LogP contribution in [0.15, 0.2) is 0 Å².